The molecule has 1 aromatic heterocycles. The van der Waals surface area contributed by atoms with Crippen LogP contribution in [0.1, 0.15) is 12.8 Å². The molecule has 1 saturated heterocycles. The van der Waals surface area contributed by atoms with Gasteiger partial charge >= 0.3 is 0 Å². The zero-order valence-electron chi connectivity index (χ0n) is 16.0. The number of halogens is 2. The first-order chi connectivity index (χ1) is 14.1. The maximum absolute atomic E-state index is 13.3. The van der Waals surface area contributed by atoms with Crippen LogP contribution in [0, 0.1) is 5.82 Å². The van der Waals surface area contributed by atoms with E-state index < -0.39 is 0 Å². The lowest BCUT2D eigenvalue weighted by Gasteiger charge is -2.17. The molecular formula is C21H21BrFN3O3. The van der Waals surface area contributed by atoms with Gasteiger partial charge in [-0.05, 0) is 66.1 Å². The summed E-state index contributed by atoms with van der Waals surface area (Å²) in [5, 5.41) is 0.674. The van der Waals surface area contributed by atoms with E-state index >= 15 is 0 Å². The predicted molar refractivity (Wildman–Crippen MR) is 111 cm³/mol. The highest BCUT2D eigenvalue weighted by molar-refractivity contribution is 9.10. The minimum Gasteiger partial charge on any atom is -0.493 e. The maximum Gasteiger partial charge on any atom is 0.230 e. The second kappa shape index (κ2) is 8.92. The van der Waals surface area contributed by atoms with Gasteiger partial charge in [-0.1, -0.05) is 0 Å². The quantitative estimate of drug-likeness (QED) is 0.503. The fourth-order valence-electron chi connectivity index (χ4n) is 3.35. The van der Waals surface area contributed by atoms with E-state index in [1.807, 2.05) is 6.07 Å². The molecule has 29 heavy (non-hydrogen) atoms. The van der Waals surface area contributed by atoms with Gasteiger partial charge in [0.05, 0.1) is 22.5 Å². The highest BCUT2D eigenvalue weighted by atomic mass is 79.9. The van der Waals surface area contributed by atoms with Crippen LogP contribution >= 0.6 is 15.9 Å². The highest BCUT2D eigenvalue weighted by Gasteiger charge is 2.15. The van der Waals surface area contributed by atoms with E-state index in [0.29, 0.717) is 45.1 Å². The Morgan fingerprint density at radius 2 is 1.90 bits per heavy atom. The third-order valence-corrected chi connectivity index (χ3v) is 5.47. The van der Waals surface area contributed by atoms with Crippen LogP contribution < -0.4 is 14.2 Å². The minimum absolute atomic E-state index is 0.351. The first-order valence-electron chi connectivity index (χ1n) is 9.45. The Kier molecular flexibility index (Phi) is 6.10. The molecule has 6 nitrogen and oxygen atoms in total. The molecule has 0 bridgehead atoms. The number of hydrogen-bond donors (Lipinski definition) is 0. The molecular weight excluding hydrogens is 441 g/mol. The Hall–Kier alpha value is -2.45. The molecule has 0 N–H and O–H groups in total. The van der Waals surface area contributed by atoms with Crippen LogP contribution in [0.15, 0.2) is 41.1 Å². The third kappa shape index (κ3) is 4.59. The molecule has 0 saturated carbocycles. The number of nitrogens with zero attached hydrogens (tertiary/aromatic N) is 3. The summed E-state index contributed by atoms with van der Waals surface area (Å²) in [6.45, 7) is 3.73. The van der Waals surface area contributed by atoms with E-state index in [2.05, 4.69) is 30.8 Å². The monoisotopic (exact) mass is 461 g/mol. The number of rotatable bonds is 7. The number of likely N-dealkylation sites (tertiary alicyclic amines) is 1. The van der Waals surface area contributed by atoms with Crippen molar-refractivity contribution in [2.45, 2.75) is 12.8 Å². The van der Waals surface area contributed by atoms with Crippen molar-refractivity contribution < 1.29 is 18.6 Å². The number of ether oxygens (including phenoxy) is 3. The van der Waals surface area contributed by atoms with Gasteiger partial charge < -0.3 is 14.2 Å². The summed E-state index contributed by atoms with van der Waals surface area (Å²) in [4.78, 5) is 11.0. The fourth-order valence-corrected chi connectivity index (χ4v) is 3.78. The highest BCUT2D eigenvalue weighted by Crippen LogP contribution is 2.37. The van der Waals surface area contributed by atoms with Crippen LogP contribution in [-0.2, 0) is 0 Å². The number of methoxy groups -OCH3 is 1. The number of hydrogen-bond acceptors (Lipinski definition) is 6. The maximum atomic E-state index is 13.3. The lowest BCUT2D eigenvalue weighted by atomic mass is 10.2. The van der Waals surface area contributed by atoms with Gasteiger partial charge in [0.25, 0.3) is 0 Å². The summed E-state index contributed by atoms with van der Waals surface area (Å²) in [6.07, 6.45) is 3.93. The van der Waals surface area contributed by atoms with E-state index in [9.17, 15) is 4.39 Å². The molecule has 0 atom stereocenters. The Labute approximate surface area is 176 Å². The minimum atomic E-state index is -0.353. The molecule has 0 amide bonds. The van der Waals surface area contributed by atoms with Gasteiger partial charge in [0.15, 0.2) is 11.5 Å². The summed E-state index contributed by atoms with van der Waals surface area (Å²) in [5.41, 5.74) is 0.671. The lowest BCUT2D eigenvalue weighted by molar-refractivity contribution is 0.230. The fraction of sp³-hybridized carbons (Fsp3) is 0.333. The molecule has 2 heterocycles. The van der Waals surface area contributed by atoms with Gasteiger partial charge in [0.1, 0.15) is 24.5 Å². The Bertz CT molecular complexity index is 1010. The zero-order chi connectivity index (χ0) is 20.2. The van der Waals surface area contributed by atoms with Crippen LogP contribution in [-0.4, -0.2) is 48.2 Å². The molecule has 0 radical (unpaired) electrons. The molecule has 152 valence electrons. The van der Waals surface area contributed by atoms with Crippen molar-refractivity contribution in [1.82, 2.24) is 14.9 Å². The van der Waals surface area contributed by atoms with E-state index in [1.54, 1.807) is 19.2 Å². The zero-order valence-corrected chi connectivity index (χ0v) is 17.6. The number of aromatic nitrogens is 2. The first kappa shape index (κ1) is 19.8. The van der Waals surface area contributed by atoms with Crippen molar-refractivity contribution in [1.29, 1.82) is 0 Å². The molecule has 0 spiro atoms. The molecule has 3 aromatic rings. The van der Waals surface area contributed by atoms with Crippen molar-refractivity contribution in [2.24, 2.45) is 0 Å². The van der Waals surface area contributed by atoms with Crippen LogP contribution in [0.4, 0.5) is 4.39 Å². The number of benzene rings is 2. The Morgan fingerprint density at radius 1 is 1.07 bits per heavy atom. The molecule has 8 heteroatoms. The van der Waals surface area contributed by atoms with Gasteiger partial charge in [-0.25, -0.2) is 14.4 Å². The van der Waals surface area contributed by atoms with E-state index in [1.165, 1.54) is 31.3 Å². The summed E-state index contributed by atoms with van der Waals surface area (Å²) in [6, 6.07) is 7.84. The average molecular weight is 462 g/mol. The molecule has 4 rings (SSSR count). The van der Waals surface area contributed by atoms with Gasteiger partial charge in [0.2, 0.25) is 5.88 Å². The standard InChI is InChI=1S/C21H21BrFN3O3/c1-27-19-11-15-17(12-20(19)28-9-8-26-6-2-3-7-26)24-13-25-21(15)29-18-5-4-14(23)10-16(18)22/h4-5,10-13H,2-3,6-9H2,1H3. The SMILES string of the molecule is COc1cc2c(Oc3ccc(F)cc3Br)ncnc2cc1OCCN1CCCC1. The summed E-state index contributed by atoms with van der Waals surface area (Å²) >= 11 is 3.31. The Balaban J connectivity index is 1.58. The smallest absolute Gasteiger partial charge is 0.230 e. The topological polar surface area (TPSA) is 56.7 Å². The molecule has 1 aliphatic heterocycles. The average Bonchev–Trinajstić information content (AvgIpc) is 3.23. The van der Waals surface area contributed by atoms with Gasteiger partial charge in [0, 0.05) is 12.6 Å². The first-order valence-corrected chi connectivity index (χ1v) is 10.2. The van der Waals surface area contributed by atoms with Crippen LogP contribution in [0.2, 0.25) is 0 Å². The largest absolute Gasteiger partial charge is 0.493 e. The van der Waals surface area contributed by atoms with Crippen LogP contribution in [0.5, 0.6) is 23.1 Å². The Morgan fingerprint density at radius 3 is 2.66 bits per heavy atom. The van der Waals surface area contributed by atoms with Crippen LogP contribution in [0.3, 0.4) is 0 Å². The predicted octanol–water partition coefficient (Wildman–Crippen LogP) is 4.81. The van der Waals surface area contributed by atoms with Crippen molar-refractivity contribution in [3.8, 4) is 23.1 Å². The van der Waals surface area contributed by atoms with E-state index in [-0.39, 0.29) is 5.82 Å². The van der Waals surface area contributed by atoms with Gasteiger partial charge in [-0.3, -0.25) is 4.90 Å². The van der Waals surface area contributed by atoms with Crippen molar-refractivity contribution in [3.05, 3.63) is 46.9 Å². The second-order valence-corrected chi connectivity index (χ2v) is 7.63. The molecule has 2 aromatic carbocycles. The van der Waals surface area contributed by atoms with Crippen molar-refractivity contribution in [3.63, 3.8) is 0 Å². The summed E-state index contributed by atoms with van der Waals surface area (Å²) < 4.78 is 31.2. The van der Waals surface area contributed by atoms with E-state index in [0.717, 1.165) is 19.6 Å². The van der Waals surface area contributed by atoms with Gasteiger partial charge in [-0.2, -0.15) is 0 Å². The van der Waals surface area contributed by atoms with Crippen LogP contribution in [0.25, 0.3) is 10.9 Å². The van der Waals surface area contributed by atoms with E-state index in [4.69, 9.17) is 14.2 Å². The normalized spacial score (nSPS) is 14.3. The lowest BCUT2D eigenvalue weighted by Crippen LogP contribution is -2.25. The third-order valence-electron chi connectivity index (χ3n) is 4.85. The second-order valence-electron chi connectivity index (χ2n) is 6.77. The van der Waals surface area contributed by atoms with Crippen molar-refractivity contribution in [2.75, 3.05) is 33.4 Å². The number of fused-ring (bicyclic) bond motifs is 1. The molecule has 0 aliphatic carbocycles. The van der Waals surface area contributed by atoms with Gasteiger partial charge in [-0.15, -0.1) is 0 Å². The molecule has 1 aliphatic rings. The molecule has 1 fully saturated rings. The summed E-state index contributed by atoms with van der Waals surface area (Å²) in [7, 11) is 1.59. The van der Waals surface area contributed by atoms with Crippen molar-refractivity contribution >= 4 is 26.8 Å². The molecule has 0 unspecified atom stereocenters. The summed E-state index contributed by atoms with van der Waals surface area (Å²) in [5.74, 6) is 1.67.